The maximum Gasteiger partial charge on any atom is 0.262 e. The Labute approximate surface area is 207 Å². The Hall–Kier alpha value is -3.78. The first kappa shape index (κ1) is 23.0. The summed E-state index contributed by atoms with van der Waals surface area (Å²) in [6.45, 7) is 1.84. The molecule has 1 aliphatic rings. The zero-order valence-electron chi connectivity index (χ0n) is 19.3. The summed E-state index contributed by atoms with van der Waals surface area (Å²) in [4.78, 5) is 46.0. The molecule has 178 valence electrons. The molecule has 0 atom stereocenters. The van der Waals surface area contributed by atoms with Crippen molar-refractivity contribution >= 4 is 33.4 Å². The molecule has 4 aromatic rings. The molecule has 35 heavy (non-hydrogen) atoms. The topological polar surface area (TPSA) is 84.3 Å². The Balaban J connectivity index is 1.21. The van der Waals surface area contributed by atoms with Crippen LogP contribution in [0, 0.1) is 0 Å². The second-order valence-electron chi connectivity index (χ2n) is 8.70. The quantitative estimate of drug-likeness (QED) is 0.445. The highest BCUT2D eigenvalue weighted by Gasteiger charge is 2.18. The van der Waals surface area contributed by atoms with E-state index in [1.54, 1.807) is 0 Å². The minimum absolute atomic E-state index is 0.0615. The van der Waals surface area contributed by atoms with Gasteiger partial charge in [0.25, 0.3) is 11.5 Å². The number of nitrogens with zero attached hydrogens (tertiary/aromatic N) is 3. The smallest absolute Gasteiger partial charge is 0.262 e. The molecule has 0 aliphatic carbocycles. The van der Waals surface area contributed by atoms with E-state index in [1.165, 1.54) is 28.7 Å². The van der Waals surface area contributed by atoms with Gasteiger partial charge in [0, 0.05) is 30.1 Å². The lowest BCUT2D eigenvalue weighted by Gasteiger charge is -2.26. The zero-order chi connectivity index (χ0) is 24.2. The van der Waals surface area contributed by atoms with Crippen LogP contribution < -0.4 is 10.9 Å². The number of nitrogens with one attached hydrogen (secondary N) is 1. The average Bonchev–Trinajstić information content (AvgIpc) is 3.35. The summed E-state index contributed by atoms with van der Waals surface area (Å²) in [7, 11) is 0. The number of likely N-dealkylation sites (tertiary alicyclic amines) is 1. The summed E-state index contributed by atoms with van der Waals surface area (Å²) in [5, 5.41) is 3.36. The van der Waals surface area contributed by atoms with Crippen LogP contribution in [0.3, 0.4) is 0 Å². The number of amides is 2. The maximum atomic E-state index is 12.9. The first-order chi connectivity index (χ1) is 17.1. The van der Waals surface area contributed by atoms with Gasteiger partial charge in [-0.05, 0) is 48.6 Å². The van der Waals surface area contributed by atoms with Crippen molar-refractivity contribution in [1.29, 1.82) is 0 Å². The van der Waals surface area contributed by atoms with Crippen LogP contribution in [0.15, 0.2) is 71.8 Å². The summed E-state index contributed by atoms with van der Waals surface area (Å²) in [6.07, 6.45) is 4.72. The Morgan fingerprint density at radius 1 is 0.971 bits per heavy atom. The molecule has 2 amide bonds. The number of hydrogen-bond acceptors (Lipinski definition) is 5. The van der Waals surface area contributed by atoms with Gasteiger partial charge in [-0.3, -0.25) is 19.0 Å². The number of carbonyl (C=O) groups is 2. The van der Waals surface area contributed by atoms with Crippen LogP contribution in [-0.2, 0) is 17.9 Å². The number of benzene rings is 2. The first-order valence-electron chi connectivity index (χ1n) is 11.8. The summed E-state index contributed by atoms with van der Waals surface area (Å²) < 4.78 is 1.33. The van der Waals surface area contributed by atoms with Crippen molar-refractivity contribution in [3.63, 3.8) is 0 Å². The fourth-order valence-electron chi connectivity index (χ4n) is 4.27. The van der Waals surface area contributed by atoms with Crippen LogP contribution in [0.1, 0.15) is 35.2 Å². The van der Waals surface area contributed by atoms with Gasteiger partial charge in [0.1, 0.15) is 11.4 Å². The molecule has 2 aromatic carbocycles. The van der Waals surface area contributed by atoms with Gasteiger partial charge in [-0.15, -0.1) is 11.3 Å². The summed E-state index contributed by atoms with van der Waals surface area (Å²) >= 11 is 1.46. The van der Waals surface area contributed by atoms with Crippen LogP contribution in [0.25, 0.3) is 20.7 Å². The Morgan fingerprint density at radius 3 is 2.46 bits per heavy atom. The van der Waals surface area contributed by atoms with Gasteiger partial charge < -0.3 is 10.2 Å². The van der Waals surface area contributed by atoms with Crippen molar-refractivity contribution in [2.75, 3.05) is 13.1 Å². The Bertz CT molecular complexity index is 1400. The molecular formula is C27H26N4O3S. The third-order valence-corrected chi connectivity index (χ3v) is 7.32. The van der Waals surface area contributed by atoms with Gasteiger partial charge in [0.05, 0.1) is 11.7 Å². The largest absolute Gasteiger partial charge is 0.350 e. The van der Waals surface area contributed by atoms with Crippen molar-refractivity contribution in [1.82, 2.24) is 19.8 Å². The SMILES string of the molecule is O=C(Cn1cnc2sc(-c3ccccc3)cc2c1=O)NCc1ccc(C(=O)N2CCCCC2)cc1. The fourth-order valence-corrected chi connectivity index (χ4v) is 5.27. The van der Waals surface area contributed by atoms with Crippen molar-refractivity contribution in [2.45, 2.75) is 32.4 Å². The first-order valence-corrected chi connectivity index (χ1v) is 12.6. The number of piperidine rings is 1. The molecule has 8 heteroatoms. The maximum absolute atomic E-state index is 12.9. The average molecular weight is 487 g/mol. The minimum Gasteiger partial charge on any atom is -0.350 e. The van der Waals surface area contributed by atoms with E-state index in [4.69, 9.17) is 0 Å². The minimum atomic E-state index is -0.278. The van der Waals surface area contributed by atoms with E-state index in [0.717, 1.165) is 41.9 Å². The molecule has 7 nitrogen and oxygen atoms in total. The number of carbonyl (C=O) groups excluding carboxylic acids is 2. The van der Waals surface area contributed by atoms with Crippen LogP contribution in [-0.4, -0.2) is 39.4 Å². The monoisotopic (exact) mass is 486 g/mol. The third-order valence-electron chi connectivity index (χ3n) is 6.22. The molecule has 1 N–H and O–H groups in total. The molecular weight excluding hydrogens is 460 g/mol. The number of rotatable bonds is 6. The molecule has 1 saturated heterocycles. The normalized spacial score (nSPS) is 13.7. The Morgan fingerprint density at radius 2 is 1.71 bits per heavy atom. The van der Waals surface area contributed by atoms with E-state index in [1.807, 2.05) is 65.6 Å². The lowest BCUT2D eigenvalue weighted by Crippen LogP contribution is -2.35. The van der Waals surface area contributed by atoms with E-state index >= 15 is 0 Å². The van der Waals surface area contributed by atoms with E-state index in [0.29, 0.717) is 22.3 Å². The van der Waals surface area contributed by atoms with Gasteiger partial charge in [0.2, 0.25) is 5.91 Å². The van der Waals surface area contributed by atoms with Crippen LogP contribution >= 0.6 is 11.3 Å². The lowest BCUT2D eigenvalue weighted by atomic mass is 10.1. The molecule has 0 unspecified atom stereocenters. The summed E-state index contributed by atoms with van der Waals surface area (Å²) in [5.74, 6) is -0.216. The molecule has 0 bridgehead atoms. The van der Waals surface area contributed by atoms with Crippen molar-refractivity contribution in [3.05, 3.63) is 88.5 Å². The lowest BCUT2D eigenvalue weighted by molar-refractivity contribution is -0.121. The van der Waals surface area contributed by atoms with E-state index in [-0.39, 0.29) is 23.9 Å². The number of hydrogen-bond donors (Lipinski definition) is 1. The van der Waals surface area contributed by atoms with E-state index in [9.17, 15) is 14.4 Å². The Kier molecular flexibility index (Phi) is 6.72. The van der Waals surface area contributed by atoms with Crippen molar-refractivity contribution in [2.24, 2.45) is 0 Å². The van der Waals surface area contributed by atoms with E-state index in [2.05, 4.69) is 10.3 Å². The molecule has 0 radical (unpaired) electrons. The van der Waals surface area contributed by atoms with E-state index < -0.39 is 0 Å². The van der Waals surface area contributed by atoms with Crippen molar-refractivity contribution in [3.8, 4) is 10.4 Å². The molecule has 1 fully saturated rings. The number of thiophene rings is 1. The highest BCUT2D eigenvalue weighted by molar-refractivity contribution is 7.21. The van der Waals surface area contributed by atoms with Gasteiger partial charge >= 0.3 is 0 Å². The van der Waals surface area contributed by atoms with Gasteiger partial charge in [-0.2, -0.15) is 0 Å². The number of fused-ring (bicyclic) bond motifs is 1. The summed E-state index contributed by atoms with van der Waals surface area (Å²) in [6, 6.07) is 19.0. The zero-order valence-corrected chi connectivity index (χ0v) is 20.1. The van der Waals surface area contributed by atoms with Gasteiger partial charge in [0.15, 0.2) is 0 Å². The highest BCUT2D eigenvalue weighted by Crippen LogP contribution is 2.30. The fraction of sp³-hybridized carbons (Fsp3) is 0.259. The van der Waals surface area contributed by atoms with Crippen molar-refractivity contribution < 1.29 is 9.59 Å². The predicted molar refractivity (Wildman–Crippen MR) is 137 cm³/mol. The molecule has 2 aromatic heterocycles. The molecule has 3 heterocycles. The molecule has 0 saturated carbocycles. The van der Waals surface area contributed by atoms with Crippen LogP contribution in [0.2, 0.25) is 0 Å². The van der Waals surface area contributed by atoms with Crippen LogP contribution in [0.4, 0.5) is 0 Å². The van der Waals surface area contributed by atoms with Gasteiger partial charge in [-0.25, -0.2) is 4.98 Å². The third kappa shape index (κ3) is 5.17. The standard InChI is InChI=1S/C27H26N4O3S/c32-24(28-16-19-9-11-21(12-10-19)26(33)30-13-5-2-6-14-30)17-31-18-29-25-22(27(31)34)15-23(35-25)20-7-3-1-4-8-20/h1,3-4,7-12,15,18H,2,5-6,13-14,16-17H2,(H,28,32). The molecule has 0 spiro atoms. The second-order valence-corrected chi connectivity index (χ2v) is 9.73. The predicted octanol–water partition coefficient (Wildman–Crippen LogP) is 4.07. The number of aromatic nitrogens is 2. The highest BCUT2D eigenvalue weighted by atomic mass is 32.1. The van der Waals surface area contributed by atoms with Crippen LogP contribution in [0.5, 0.6) is 0 Å². The van der Waals surface area contributed by atoms with Gasteiger partial charge in [-0.1, -0.05) is 42.5 Å². The summed E-state index contributed by atoms with van der Waals surface area (Å²) in [5.41, 5.74) is 2.35. The molecule has 5 rings (SSSR count). The second kappa shape index (κ2) is 10.2. The molecule has 1 aliphatic heterocycles.